The molecule has 0 aliphatic rings. The first-order valence-corrected chi connectivity index (χ1v) is 6.04. The van der Waals surface area contributed by atoms with Gasteiger partial charge in [-0.1, -0.05) is 41.8 Å². The summed E-state index contributed by atoms with van der Waals surface area (Å²) in [6.07, 6.45) is 1.77. The van der Waals surface area contributed by atoms with Crippen LogP contribution in [0.4, 0.5) is 5.82 Å². The first kappa shape index (κ1) is 12.2. The van der Waals surface area contributed by atoms with Crippen LogP contribution in [0.3, 0.4) is 0 Å². The van der Waals surface area contributed by atoms with Crippen LogP contribution in [0.5, 0.6) is 0 Å². The molecule has 90 valence electrons. The molecule has 0 bridgehead atoms. The number of hydrogen-bond acceptors (Lipinski definition) is 3. The minimum Gasteiger partial charge on any atom is -0.381 e. The maximum Gasteiger partial charge on any atom is 0.169 e. The Labute approximate surface area is 109 Å². The van der Waals surface area contributed by atoms with Gasteiger partial charge in [-0.05, 0) is 24.6 Å². The van der Waals surface area contributed by atoms with Gasteiger partial charge in [0.1, 0.15) is 0 Å². The molecular weight excluding hydrogens is 259 g/mol. The monoisotopic (exact) mass is 270 g/mol. The number of aromatic nitrogens is 3. The third-order valence-electron chi connectivity index (χ3n) is 2.37. The van der Waals surface area contributed by atoms with Crippen molar-refractivity contribution in [2.75, 3.05) is 5.73 Å². The molecular formula is C11H12Cl2N4. The Hall–Kier alpha value is -1.26. The standard InChI is InChI=1S/C11H12Cl2N4/c1-2-3-10-11(14)15-16-17(10)9-5-7(12)4-8(13)6-9/h4-6H,2-3,14H2,1H3. The van der Waals surface area contributed by atoms with Crippen molar-refractivity contribution in [2.45, 2.75) is 19.8 Å². The Morgan fingerprint density at radius 1 is 1.24 bits per heavy atom. The van der Waals surface area contributed by atoms with Crippen molar-refractivity contribution in [1.82, 2.24) is 15.0 Å². The number of benzene rings is 1. The van der Waals surface area contributed by atoms with Gasteiger partial charge in [0.05, 0.1) is 11.4 Å². The largest absolute Gasteiger partial charge is 0.381 e. The predicted octanol–water partition coefficient (Wildman–Crippen LogP) is 3.11. The van der Waals surface area contributed by atoms with Crippen LogP contribution in [0, 0.1) is 0 Å². The topological polar surface area (TPSA) is 56.7 Å². The van der Waals surface area contributed by atoms with Crippen molar-refractivity contribution in [3.05, 3.63) is 33.9 Å². The highest BCUT2D eigenvalue weighted by Gasteiger charge is 2.11. The van der Waals surface area contributed by atoms with Crippen LogP contribution in [0.2, 0.25) is 10.0 Å². The van der Waals surface area contributed by atoms with E-state index >= 15 is 0 Å². The van der Waals surface area contributed by atoms with Crippen molar-refractivity contribution in [2.24, 2.45) is 0 Å². The Morgan fingerprint density at radius 3 is 2.47 bits per heavy atom. The average Bonchev–Trinajstić information content (AvgIpc) is 2.60. The van der Waals surface area contributed by atoms with E-state index in [4.69, 9.17) is 28.9 Å². The van der Waals surface area contributed by atoms with E-state index in [-0.39, 0.29) is 0 Å². The number of nitrogens with zero attached hydrogens (tertiary/aromatic N) is 3. The molecule has 0 amide bonds. The third kappa shape index (κ3) is 2.53. The van der Waals surface area contributed by atoms with Gasteiger partial charge in [-0.3, -0.25) is 0 Å². The molecule has 1 aromatic heterocycles. The molecule has 17 heavy (non-hydrogen) atoms. The van der Waals surface area contributed by atoms with Crippen molar-refractivity contribution in [3.63, 3.8) is 0 Å². The van der Waals surface area contributed by atoms with Crippen LogP contribution in [0.1, 0.15) is 19.0 Å². The summed E-state index contributed by atoms with van der Waals surface area (Å²) < 4.78 is 1.68. The summed E-state index contributed by atoms with van der Waals surface area (Å²) >= 11 is 11.9. The molecule has 4 nitrogen and oxygen atoms in total. The van der Waals surface area contributed by atoms with Gasteiger partial charge in [0.15, 0.2) is 5.82 Å². The summed E-state index contributed by atoms with van der Waals surface area (Å²) in [6, 6.07) is 5.23. The summed E-state index contributed by atoms with van der Waals surface area (Å²) in [5.74, 6) is 0.447. The molecule has 2 rings (SSSR count). The molecule has 0 fully saturated rings. The summed E-state index contributed by atoms with van der Waals surface area (Å²) in [7, 11) is 0. The highest BCUT2D eigenvalue weighted by Crippen LogP contribution is 2.23. The molecule has 0 radical (unpaired) electrons. The number of rotatable bonds is 3. The van der Waals surface area contributed by atoms with E-state index in [9.17, 15) is 0 Å². The molecule has 0 atom stereocenters. The summed E-state index contributed by atoms with van der Waals surface area (Å²) in [6.45, 7) is 2.07. The quantitative estimate of drug-likeness (QED) is 0.933. The van der Waals surface area contributed by atoms with Crippen LogP contribution < -0.4 is 5.73 Å². The van der Waals surface area contributed by atoms with Gasteiger partial charge in [-0.25, -0.2) is 4.68 Å². The van der Waals surface area contributed by atoms with E-state index in [0.717, 1.165) is 24.2 Å². The Morgan fingerprint density at radius 2 is 1.88 bits per heavy atom. The van der Waals surface area contributed by atoms with E-state index in [0.29, 0.717) is 15.9 Å². The Balaban J connectivity index is 2.52. The number of halogens is 2. The highest BCUT2D eigenvalue weighted by atomic mass is 35.5. The van der Waals surface area contributed by atoms with Gasteiger partial charge in [0, 0.05) is 10.0 Å². The van der Waals surface area contributed by atoms with Gasteiger partial charge in [-0.15, -0.1) is 5.10 Å². The first-order chi connectivity index (χ1) is 8.11. The van der Waals surface area contributed by atoms with Gasteiger partial charge in [0.2, 0.25) is 0 Å². The summed E-state index contributed by atoms with van der Waals surface area (Å²) in [5.41, 5.74) is 7.43. The van der Waals surface area contributed by atoms with Gasteiger partial charge in [0.25, 0.3) is 0 Å². The summed E-state index contributed by atoms with van der Waals surface area (Å²) in [4.78, 5) is 0. The fourth-order valence-corrected chi connectivity index (χ4v) is 2.17. The second kappa shape index (κ2) is 4.94. The van der Waals surface area contributed by atoms with Crippen molar-refractivity contribution >= 4 is 29.0 Å². The number of anilines is 1. The number of nitrogens with two attached hydrogens (primary N) is 1. The van der Waals surface area contributed by atoms with E-state index in [1.54, 1.807) is 22.9 Å². The molecule has 1 aromatic carbocycles. The van der Waals surface area contributed by atoms with Crippen LogP contribution in [0.15, 0.2) is 18.2 Å². The molecule has 0 unspecified atom stereocenters. The smallest absolute Gasteiger partial charge is 0.169 e. The Bertz CT molecular complexity index is 516. The predicted molar refractivity (Wildman–Crippen MR) is 69.8 cm³/mol. The lowest BCUT2D eigenvalue weighted by Crippen LogP contribution is -2.03. The van der Waals surface area contributed by atoms with Crippen LogP contribution in [-0.2, 0) is 6.42 Å². The van der Waals surface area contributed by atoms with Crippen LogP contribution in [0.25, 0.3) is 5.69 Å². The molecule has 1 heterocycles. The van der Waals surface area contributed by atoms with Gasteiger partial charge < -0.3 is 5.73 Å². The second-order valence-electron chi connectivity index (χ2n) is 3.71. The van der Waals surface area contributed by atoms with Crippen LogP contribution in [-0.4, -0.2) is 15.0 Å². The zero-order chi connectivity index (χ0) is 12.4. The van der Waals surface area contributed by atoms with Gasteiger partial charge in [-0.2, -0.15) is 0 Å². The maximum absolute atomic E-state index is 5.96. The molecule has 0 saturated heterocycles. The highest BCUT2D eigenvalue weighted by molar-refractivity contribution is 6.34. The molecule has 2 aromatic rings. The van der Waals surface area contributed by atoms with Gasteiger partial charge >= 0.3 is 0 Å². The minimum absolute atomic E-state index is 0.447. The molecule has 2 N–H and O–H groups in total. The molecule has 0 aliphatic carbocycles. The van der Waals surface area contributed by atoms with E-state index < -0.39 is 0 Å². The molecule has 0 spiro atoms. The molecule has 0 aliphatic heterocycles. The van der Waals surface area contributed by atoms with Crippen molar-refractivity contribution in [3.8, 4) is 5.69 Å². The van der Waals surface area contributed by atoms with Crippen LogP contribution >= 0.6 is 23.2 Å². The Kier molecular flexibility index (Phi) is 3.54. The van der Waals surface area contributed by atoms with E-state index in [2.05, 4.69) is 17.2 Å². The van der Waals surface area contributed by atoms with E-state index in [1.807, 2.05) is 0 Å². The number of nitrogen functional groups attached to an aromatic ring is 1. The zero-order valence-electron chi connectivity index (χ0n) is 9.32. The zero-order valence-corrected chi connectivity index (χ0v) is 10.8. The molecule has 6 heteroatoms. The lowest BCUT2D eigenvalue weighted by Gasteiger charge is -2.06. The first-order valence-electron chi connectivity index (χ1n) is 5.28. The third-order valence-corrected chi connectivity index (χ3v) is 2.81. The maximum atomic E-state index is 5.96. The van der Waals surface area contributed by atoms with Crippen molar-refractivity contribution < 1.29 is 0 Å². The fraction of sp³-hybridized carbons (Fsp3) is 0.273. The lowest BCUT2D eigenvalue weighted by molar-refractivity contribution is 0.746. The normalized spacial score (nSPS) is 10.8. The molecule has 0 saturated carbocycles. The summed E-state index contributed by atoms with van der Waals surface area (Å²) in [5, 5.41) is 9.01. The SMILES string of the molecule is CCCc1c(N)nnn1-c1cc(Cl)cc(Cl)c1. The van der Waals surface area contributed by atoms with Crippen molar-refractivity contribution in [1.29, 1.82) is 0 Å². The lowest BCUT2D eigenvalue weighted by atomic mass is 10.2. The van der Waals surface area contributed by atoms with E-state index in [1.165, 1.54) is 0 Å². The average molecular weight is 271 g/mol. The second-order valence-corrected chi connectivity index (χ2v) is 4.58. The minimum atomic E-state index is 0.447. The number of hydrogen-bond donors (Lipinski definition) is 1. The fourth-order valence-electron chi connectivity index (χ4n) is 1.65.